The van der Waals surface area contributed by atoms with Crippen LogP contribution in [0.1, 0.15) is 0 Å². The summed E-state index contributed by atoms with van der Waals surface area (Å²) in [5.74, 6) is 0.504. The topological polar surface area (TPSA) is 44.8 Å². The summed E-state index contributed by atoms with van der Waals surface area (Å²) >= 11 is 0. The molecule has 0 N–H and O–H groups in total. The highest BCUT2D eigenvalue weighted by Crippen LogP contribution is 2.09. The molecule has 0 saturated carbocycles. The van der Waals surface area contributed by atoms with Crippen LogP contribution in [0.25, 0.3) is 0 Å². The third kappa shape index (κ3) is 2.95. The summed E-state index contributed by atoms with van der Waals surface area (Å²) in [6.07, 6.45) is 0. The second-order valence-corrected chi connectivity index (χ2v) is 4.62. The lowest BCUT2D eigenvalue weighted by Gasteiger charge is -2.09. The number of ether oxygens (including phenoxy) is 1. The van der Waals surface area contributed by atoms with Crippen LogP contribution in [0.2, 0.25) is 0 Å². The van der Waals surface area contributed by atoms with E-state index in [-0.39, 0.29) is 0 Å². The number of hydrogen-bond donors (Lipinski definition) is 0. The van der Waals surface area contributed by atoms with Gasteiger partial charge < -0.3 is 13.6 Å². The van der Waals surface area contributed by atoms with Crippen LogP contribution in [0.3, 0.4) is 0 Å². The van der Waals surface area contributed by atoms with Crippen LogP contribution in [0, 0.1) is 0 Å². The minimum Gasteiger partial charge on any atom is -0.427 e. The van der Waals surface area contributed by atoms with Crippen LogP contribution in [-0.4, -0.2) is 29.1 Å². The van der Waals surface area contributed by atoms with Gasteiger partial charge in [0.05, 0.1) is 0 Å². The minimum atomic E-state index is -2.32. The Morgan fingerprint density at radius 3 is 2.21 bits per heavy atom. The molecule has 14 heavy (non-hydrogen) atoms. The Kier molecular flexibility index (Phi) is 4.31. The number of para-hydroxylation sites is 1. The van der Waals surface area contributed by atoms with Gasteiger partial charge in [-0.3, -0.25) is 4.79 Å². The highest BCUT2D eigenvalue weighted by molar-refractivity contribution is 6.79. The summed E-state index contributed by atoms with van der Waals surface area (Å²) in [6.45, 7) is 0. The summed E-state index contributed by atoms with van der Waals surface area (Å²) in [5.41, 5.74) is -0.429. The third-order valence-electron chi connectivity index (χ3n) is 1.58. The molecule has 0 atom stereocenters. The van der Waals surface area contributed by atoms with Gasteiger partial charge in [-0.25, -0.2) is 0 Å². The molecule has 1 rings (SSSR count). The number of hydrogen-bond acceptors (Lipinski definition) is 4. The quantitative estimate of drug-likeness (QED) is 0.705. The number of rotatable bonds is 4. The molecule has 5 heteroatoms. The van der Waals surface area contributed by atoms with Gasteiger partial charge in [0.15, 0.2) is 0 Å². The number of benzene rings is 1. The lowest BCUT2D eigenvalue weighted by Crippen LogP contribution is -2.33. The van der Waals surface area contributed by atoms with Crippen molar-refractivity contribution in [2.45, 2.75) is 0 Å². The number of carbonyl (C=O) groups excluding carboxylic acids is 1. The zero-order valence-corrected chi connectivity index (χ0v) is 9.25. The second-order valence-electron chi connectivity index (χ2n) is 2.54. The Hall–Kier alpha value is -1.17. The molecule has 0 amide bonds. The molecule has 0 radical (unpaired) electrons. The van der Waals surface area contributed by atoms with E-state index in [1.165, 1.54) is 14.2 Å². The van der Waals surface area contributed by atoms with E-state index in [2.05, 4.69) is 0 Å². The predicted molar refractivity (Wildman–Crippen MR) is 53.6 cm³/mol. The molecule has 1 aromatic carbocycles. The number of carbonyl (C=O) groups is 1. The summed E-state index contributed by atoms with van der Waals surface area (Å²) in [6, 6.07) is 8.83. The van der Waals surface area contributed by atoms with Crippen molar-refractivity contribution in [3.63, 3.8) is 0 Å². The molecule has 0 spiro atoms. The van der Waals surface area contributed by atoms with Crippen LogP contribution in [0.15, 0.2) is 30.3 Å². The Balaban J connectivity index is 2.57. The highest BCUT2D eigenvalue weighted by atomic mass is 28.3. The molecule has 0 fully saturated rings. The molecular formula is C9H12O4Si. The lowest BCUT2D eigenvalue weighted by atomic mass is 10.3. The van der Waals surface area contributed by atoms with Gasteiger partial charge in [0.1, 0.15) is 5.75 Å². The minimum absolute atomic E-state index is 0.429. The van der Waals surface area contributed by atoms with E-state index in [0.29, 0.717) is 5.75 Å². The van der Waals surface area contributed by atoms with Gasteiger partial charge in [-0.15, -0.1) is 0 Å². The van der Waals surface area contributed by atoms with Crippen molar-refractivity contribution in [1.29, 1.82) is 0 Å². The fourth-order valence-corrected chi connectivity index (χ4v) is 1.75. The largest absolute Gasteiger partial charge is 0.447 e. The first-order valence-corrected chi connectivity index (χ1v) is 5.62. The summed E-state index contributed by atoms with van der Waals surface area (Å²) in [4.78, 5) is 11.4. The van der Waals surface area contributed by atoms with Crippen LogP contribution in [0.5, 0.6) is 5.75 Å². The van der Waals surface area contributed by atoms with Crippen molar-refractivity contribution in [2.24, 2.45) is 0 Å². The Labute approximate surface area is 84.3 Å². The fraction of sp³-hybridized carbons (Fsp3) is 0.222. The molecule has 0 aliphatic carbocycles. The molecule has 1 aromatic rings. The molecule has 0 aromatic heterocycles. The SMILES string of the molecule is CO[SiH](OC)C(=O)Oc1ccccc1. The average Bonchev–Trinajstić information content (AvgIpc) is 2.21. The Morgan fingerprint density at radius 1 is 1.14 bits per heavy atom. The fourth-order valence-electron chi connectivity index (χ4n) is 0.941. The van der Waals surface area contributed by atoms with Gasteiger partial charge in [-0.2, -0.15) is 0 Å². The molecular weight excluding hydrogens is 200 g/mol. The van der Waals surface area contributed by atoms with E-state index in [1.54, 1.807) is 24.3 Å². The van der Waals surface area contributed by atoms with E-state index >= 15 is 0 Å². The Morgan fingerprint density at radius 2 is 1.71 bits per heavy atom. The van der Waals surface area contributed by atoms with Crippen molar-refractivity contribution in [3.8, 4) is 5.75 Å². The first kappa shape index (κ1) is 10.9. The third-order valence-corrected chi connectivity index (χ3v) is 2.94. The first-order valence-electron chi connectivity index (χ1n) is 4.10. The van der Waals surface area contributed by atoms with Crippen LogP contribution in [-0.2, 0) is 8.85 Å². The highest BCUT2D eigenvalue weighted by Gasteiger charge is 2.23. The molecule has 0 saturated heterocycles. The van der Waals surface area contributed by atoms with Gasteiger partial charge in [0.25, 0.3) is 0 Å². The van der Waals surface area contributed by atoms with Crippen molar-refractivity contribution < 1.29 is 18.4 Å². The van der Waals surface area contributed by atoms with Gasteiger partial charge >= 0.3 is 14.9 Å². The van der Waals surface area contributed by atoms with Crippen LogP contribution < -0.4 is 4.74 Å². The Bertz CT molecular complexity index is 284. The standard InChI is InChI=1S/C9H12O4Si/c1-11-14(12-2)9(10)13-8-6-4-3-5-7-8/h3-7,14H,1-2H3. The van der Waals surface area contributed by atoms with Crippen molar-refractivity contribution >= 4 is 14.9 Å². The molecule has 0 bridgehead atoms. The van der Waals surface area contributed by atoms with Gasteiger partial charge in [-0.1, -0.05) is 18.2 Å². The second kappa shape index (κ2) is 5.53. The van der Waals surface area contributed by atoms with E-state index in [9.17, 15) is 4.79 Å². The van der Waals surface area contributed by atoms with Crippen molar-refractivity contribution in [3.05, 3.63) is 30.3 Å². The maximum atomic E-state index is 11.4. The summed E-state index contributed by atoms with van der Waals surface area (Å²) in [5, 5.41) is 0. The lowest BCUT2D eigenvalue weighted by molar-refractivity contribution is 0.200. The summed E-state index contributed by atoms with van der Waals surface area (Å²) < 4.78 is 14.8. The van der Waals surface area contributed by atoms with Crippen LogP contribution >= 0.6 is 0 Å². The zero-order chi connectivity index (χ0) is 10.4. The van der Waals surface area contributed by atoms with Crippen molar-refractivity contribution in [2.75, 3.05) is 14.2 Å². The maximum absolute atomic E-state index is 11.4. The van der Waals surface area contributed by atoms with Gasteiger partial charge in [0.2, 0.25) is 0 Å². The smallest absolute Gasteiger partial charge is 0.427 e. The van der Waals surface area contributed by atoms with E-state index < -0.39 is 14.9 Å². The van der Waals surface area contributed by atoms with Gasteiger partial charge in [-0.05, 0) is 12.1 Å². The van der Waals surface area contributed by atoms with E-state index in [4.69, 9.17) is 13.6 Å². The normalized spacial score (nSPS) is 10.2. The predicted octanol–water partition coefficient (Wildman–Crippen LogP) is 1.28. The molecule has 0 unspecified atom stereocenters. The first-order chi connectivity index (χ1) is 6.77. The van der Waals surface area contributed by atoms with Crippen LogP contribution in [0.4, 0.5) is 4.79 Å². The van der Waals surface area contributed by atoms with Gasteiger partial charge in [0, 0.05) is 14.2 Å². The maximum Gasteiger partial charge on any atom is 0.447 e. The van der Waals surface area contributed by atoms with Crippen molar-refractivity contribution in [1.82, 2.24) is 0 Å². The van der Waals surface area contributed by atoms with E-state index in [0.717, 1.165) is 0 Å². The average molecular weight is 212 g/mol. The monoisotopic (exact) mass is 212 g/mol. The van der Waals surface area contributed by atoms with E-state index in [1.807, 2.05) is 6.07 Å². The zero-order valence-electron chi connectivity index (χ0n) is 8.10. The molecule has 76 valence electrons. The molecule has 4 nitrogen and oxygen atoms in total. The molecule has 0 aliphatic rings. The molecule has 0 aliphatic heterocycles. The summed E-state index contributed by atoms with van der Waals surface area (Å²) in [7, 11) is 0.557. The molecule has 0 heterocycles.